The van der Waals surface area contributed by atoms with Gasteiger partial charge in [-0.3, -0.25) is 0 Å². The minimum absolute atomic E-state index is 0.684. The van der Waals surface area contributed by atoms with Gasteiger partial charge in [-0.1, -0.05) is 0 Å². The van der Waals surface area contributed by atoms with Gasteiger partial charge < -0.3 is 79.5 Å². The first-order valence-electron chi connectivity index (χ1n) is 12.3. The van der Waals surface area contributed by atoms with Crippen molar-refractivity contribution in [1.29, 1.82) is 0 Å². The van der Waals surface area contributed by atoms with E-state index in [0.29, 0.717) is 0 Å². The van der Waals surface area contributed by atoms with Crippen LogP contribution in [0.25, 0.3) is 0 Å². The molecule has 0 amide bonds. The molecule has 10 N–H and O–H groups in total. The Morgan fingerprint density at radius 1 is 0.500 bits per heavy atom. The molecule has 3 rings (SSSR count). The predicted molar refractivity (Wildman–Crippen MR) is 120 cm³/mol. The van der Waals surface area contributed by atoms with Gasteiger partial charge in [0.1, 0.15) is 73.2 Å². The zero-order valence-electron chi connectivity index (χ0n) is 21.2. The van der Waals surface area contributed by atoms with Crippen molar-refractivity contribution in [3.8, 4) is 0 Å². The molecule has 0 bridgehead atoms. The van der Waals surface area contributed by atoms with Crippen molar-refractivity contribution in [2.75, 3.05) is 19.8 Å². The lowest BCUT2D eigenvalue weighted by atomic mass is 9.96. The van der Waals surface area contributed by atoms with Crippen LogP contribution >= 0.6 is 0 Å². The molecular weight excluding hydrogens is 520 g/mol. The van der Waals surface area contributed by atoms with Crippen LogP contribution in [0.1, 0.15) is 20.8 Å². The molecule has 3 aliphatic rings. The summed E-state index contributed by atoms with van der Waals surface area (Å²) < 4.78 is 33.0. The van der Waals surface area contributed by atoms with E-state index in [-0.39, 0.29) is 0 Å². The Kier molecular flexibility index (Phi) is 10.8. The van der Waals surface area contributed by atoms with Crippen molar-refractivity contribution in [2.45, 2.75) is 118 Å². The summed E-state index contributed by atoms with van der Waals surface area (Å²) in [7, 11) is 0. The summed E-state index contributed by atoms with van der Waals surface area (Å²) in [5.74, 6) is 0. The average Bonchev–Trinajstić information content (AvgIpc) is 2.86. The van der Waals surface area contributed by atoms with Crippen LogP contribution in [0, 0.1) is 0 Å². The third-order valence-electron chi connectivity index (χ3n) is 6.54. The highest BCUT2D eigenvalue weighted by Gasteiger charge is 2.53. The zero-order valence-corrected chi connectivity index (χ0v) is 21.2. The number of aliphatic hydroxyl groups excluding tert-OH is 10. The summed E-state index contributed by atoms with van der Waals surface area (Å²) in [5.41, 5.74) is -0.768. The fraction of sp³-hybridized carbons (Fsp3) is 1.00. The molecule has 224 valence electrons. The first kappa shape index (κ1) is 31.9. The highest BCUT2D eigenvalue weighted by Crippen LogP contribution is 2.33. The van der Waals surface area contributed by atoms with E-state index in [2.05, 4.69) is 0 Å². The zero-order chi connectivity index (χ0) is 28.5. The molecule has 15 atom stereocenters. The van der Waals surface area contributed by atoms with Crippen molar-refractivity contribution in [3.63, 3.8) is 0 Å². The van der Waals surface area contributed by atoms with Crippen molar-refractivity contribution in [1.82, 2.24) is 0 Å². The number of ether oxygens (including phenoxy) is 6. The first-order valence-corrected chi connectivity index (χ1v) is 12.3. The van der Waals surface area contributed by atoms with Gasteiger partial charge in [0, 0.05) is 0 Å². The lowest BCUT2D eigenvalue weighted by Gasteiger charge is -2.48. The maximum atomic E-state index is 10.8. The lowest BCUT2D eigenvalue weighted by molar-refractivity contribution is -0.382. The van der Waals surface area contributed by atoms with Crippen LogP contribution in [-0.2, 0) is 28.4 Å². The van der Waals surface area contributed by atoms with Crippen LogP contribution in [0.5, 0.6) is 0 Å². The van der Waals surface area contributed by atoms with Crippen molar-refractivity contribution >= 4 is 0 Å². The molecule has 3 saturated heterocycles. The van der Waals surface area contributed by atoms with Gasteiger partial charge in [0.25, 0.3) is 0 Å². The largest absolute Gasteiger partial charge is 0.394 e. The van der Waals surface area contributed by atoms with Gasteiger partial charge in [0.15, 0.2) is 18.9 Å². The molecule has 0 aromatic rings. The van der Waals surface area contributed by atoms with Gasteiger partial charge in [0.05, 0.1) is 25.4 Å². The Hall–Kier alpha value is -0.640. The second-order valence-corrected chi connectivity index (χ2v) is 10.5. The maximum absolute atomic E-state index is 10.8. The standard InChI is InChI=1S/C22H40O16/c1-22(2,3)38-21-16(32)13(29)18(9(6-25)35-21)37-20-15(31)12(28)17(8(5-24)34-20)36-19-14(30)11(27)10(26)7(4-23)33-19/h7-21,23-32H,4-6H2,1-3H3/t7?,8?,9?,10-,11+,12-,13-,14?,15?,16?,17-,18-,19-,20-,21?/m1/s1. The summed E-state index contributed by atoms with van der Waals surface area (Å²) in [6, 6.07) is 0. The molecule has 3 aliphatic heterocycles. The molecular formula is C22H40O16. The van der Waals surface area contributed by atoms with Crippen molar-refractivity contribution in [2.24, 2.45) is 0 Å². The third kappa shape index (κ3) is 6.80. The summed E-state index contributed by atoms with van der Waals surface area (Å²) in [5, 5.41) is 102. The van der Waals surface area contributed by atoms with Gasteiger partial charge in [-0.05, 0) is 20.8 Å². The number of hydrogen-bond donors (Lipinski definition) is 10. The first-order chi connectivity index (χ1) is 17.7. The van der Waals surface area contributed by atoms with Crippen LogP contribution in [0.2, 0.25) is 0 Å². The molecule has 0 spiro atoms. The van der Waals surface area contributed by atoms with E-state index in [1.807, 2.05) is 0 Å². The SMILES string of the molecule is CC(C)(C)OC1OC(CO)[C@@H](O[C@H]2OC(CO)[C@@H](O[C@H]3OC(CO)[C@@H](O)[C@H](O)C3O)[C@H](O)C2O)[C@H](O)C1O. The van der Waals surface area contributed by atoms with E-state index in [4.69, 9.17) is 28.4 Å². The van der Waals surface area contributed by atoms with Gasteiger partial charge in [-0.15, -0.1) is 0 Å². The third-order valence-corrected chi connectivity index (χ3v) is 6.54. The summed E-state index contributed by atoms with van der Waals surface area (Å²) in [6.07, 6.45) is -24.0. The molecule has 0 radical (unpaired) electrons. The normalized spacial score (nSPS) is 48.7. The molecule has 38 heavy (non-hydrogen) atoms. The second-order valence-electron chi connectivity index (χ2n) is 10.5. The maximum Gasteiger partial charge on any atom is 0.187 e. The second kappa shape index (κ2) is 12.9. The van der Waals surface area contributed by atoms with Gasteiger partial charge in [0.2, 0.25) is 0 Å². The van der Waals surface area contributed by atoms with Crippen LogP contribution in [0.15, 0.2) is 0 Å². The number of rotatable bonds is 8. The molecule has 16 nitrogen and oxygen atoms in total. The van der Waals surface area contributed by atoms with E-state index in [1.165, 1.54) is 0 Å². The smallest absolute Gasteiger partial charge is 0.187 e. The average molecular weight is 561 g/mol. The van der Waals surface area contributed by atoms with E-state index in [1.54, 1.807) is 20.8 Å². The van der Waals surface area contributed by atoms with E-state index < -0.39 is 118 Å². The fourth-order valence-electron chi connectivity index (χ4n) is 4.49. The summed E-state index contributed by atoms with van der Waals surface area (Å²) in [4.78, 5) is 0. The van der Waals surface area contributed by atoms with Crippen LogP contribution < -0.4 is 0 Å². The molecule has 7 unspecified atom stereocenters. The number of aliphatic hydroxyl groups is 10. The highest BCUT2D eigenvalue weighted by atomic mass is 16.8. The highest BCUT2D eigenvalue weighted by molar-refractivity contribution is 4.96. The minimum atomic E-state index is -1.89. The predicted octanol–water partition coefficient (Wildman–Crippen LogP) is -5.75. The van der Waals surface area contributed by atoms with Crippen LogP contribution in [-0.4, -0.2) is 169 Å². The Bertz CT molecular complexity index is 731. The molecule has 0 saturated carbocycles. The Morgan fingerprint density at radius 3 is 1.29 bits per heavy atom. The molecule has 3 heterocycles. The van der Waals surface area contributed by atoms with E-state index in [0.717, 1.165) is 0 Å². The van der Waals surface area contributed by atoms with Crippen molar-refractivity contribution < 1.29 is 79.5 Å². The van der Waals surface area contributed by atoms with Gasteiger partial charge in [-0.25, -0.2) is 0 Å². The molecule has 0 aromatic carbocycles. The van der Waals surface area contributed by atoms with Crippen LogP contribution in [0.4, 0.5) is 0 Å². The summed E-state index contributed by atoms with van der Waals surface area (Å²) >= 11 is 0. The van der Waals surface area contributed by atoms with Crippen molar-refractivity contribution in [3.05, 3.63) is 0 Å². The Balaban J connectivity index is 1.71. The topological polar surface area (TPSA) is 258 Å². The van der Waals surface area contributed by atoms with E-state index >= 15 is 0 Å². The fourth-order valence-corrected chi connectivity index (χ4v) is 4.49. The van der Waals surface area contributed by atoms with Gasteiger partial charge >= 0.3 is 0 Å². The Morgan fingerprint density at radius 2 is 0.868 bits per heavy atom. The molecule has 0 aromatic heterocycles. The molecule has 0 aliphatic carbocycles. The minimum Gasteiger partial charge on any atom is -0.394 e. The lowest BCUT2D eigenvalue weighted by Crippen LogP contribution is -2.66. The Labute approximate surface area is 218 Å². The van der Waals surface area contributed by atoms with Gasteiger partial charge in [-0.2, -0.15) is 0 Å². The number of hydrogen-bond acceptors (Lipinski definition) is 16. The monoisotopic (exact) mass is 560 g/mol. The van der Waals surface area contributed by atoms with Crippen LogP contribution in [0.3, 0.4) is 0 Å². The van der Waals surface area contributed by atoms with E-state index in [9.17, 15) is 51.1 Å². The molecule has 16 heteroatoms. The summed E-state index contributed by atoms with van der Waals surface area (Å²) in [6.45, 7) is 2.85. The quantitative estimate of drug-likeness (QED) is 0.133. The molecule has 3 fully saturated rings.